The summed E-state index contributed by atoms with van der Waals surface area (Å²) < 4.78 is 15.1. The lowest BCUT2D eigenvalue weighted by Gasteiger charge is -2.13. The van der Waals surface area contributed by atoms with E-state index in [1.165, 1.54) is 6.07 Å². The van der Waals surface area contributed by atoms with Gasteiger partial charge in [-0.15, -0.1) is 0 Å². The Kier molecular flexibility index (Phi) is 3.99. The molecule has 1 N–H and O–H groups in total. The number of aliphatic hydroxyl groups is 1. The third-order valence-corrected chi connectivity index (χ3v) is 3.29. The first-order valence-corrected chi connectivity index (χ1v) is 6.12. The van der Waals surface area contributed by atoms with Crippen molar-refractivity contribution in [1.82, 2.24) is 9.55 Å². The lowest BCUT2D eigenvalue weighted by Crippen LogP contribution is -2.09. The number of hydrogen-bond acceptors (Lipinski definition) is 2. The van der Waals surface area contributed by atoms with Crippen molar-refractivity contribution in [3.05, 3.63) is 52.8 Å². The molecular formula is C13H14ClFN2O. The molecule has 1 heterocycles. The number of rotatable bonds is 4. The molecule has 0 aliphatic carbocycles. The van der Waals surface area contributed by atoms with Gasteiger partial charge in [0.25, 0.3) is 0 Å². The molecule has 0 saturated heterocycles. The first-order valence-electron chi connectivity index (χ1n) is 5.74. The number of aliphatic hydroxyl groups excluding tert-OH is 1. The average molecular weight is 269 g/mol. The zero-order chi connectivity index (χ0) is 13.1. The third kappa shape index (κ3) is 2.54. The van der Waals surface area contributed by atoms with Gasteiger partial charge in [-0.3, -0.25) is 0 Å². The molecule has 1 aromatic carbocycles. The second kappa shape index (κ2) is 5.50. The highest BCUT2D eigenvalue weighted by atomic mass is 35.5. The first kappa shape index (κ1) is 13.1. The van der Waals surface area contributed by atoms with Crippen molar-refractivity contribution in [2.24, 2.45) is 0 Å². The Bertz CT molecular complexity index is 542. The van der Waals surface area contributed by atoms with Crippen molar-refractivity contribution >= 4 is 11.6 Å². The van der Waals surface area contributed by atoms with Crippen LogP contribution in [0.25, 0.3) is 0 Å². The predicted octanol–water partition coefficient (Wildman–Crippen LogP) is 2.97. The smallest absolute Gasteiger partial charge is 0.142 e. The second-order valence-electron chi connectivity index (χ2n) is 4.04. The zero-order valence-corrected chi connectivity index (χ0v) is 10.7. The number of halogens is 2. The standard InChI is InChI=1S/C13H14ClFN2O/c1-2-17-8-16-7-11(17)12(18)6-9-4-3-5-10(15)13(9)14/h3-5,7-8,12,18H,2,6H2,1H3. The summed E-state index contributed by atoms with van der Waals surface area (Å²) in [4.78, 5) is 3.99. The van der Waals surface area contributed by atoms with Crippen molar-refractivity contribution in [3.8, 4) is 0 Å². The quantitative estimate of drug-likeness (QED) is 0.926. The summed E-state index contributed by atoms with van der Waals surface area (Å²) in [6.07, 6.45) is 2.79. The maximum absolute atomic E-state index is 13.3. The number of aryl methyl sites for hydroxylation is 1. The summed E-state index contributed by atoms with van der Waals surface area (Å²) in [5.74, 6) is -0.467. The fraction of sp³-hybridized carbons (Fsp3) is 0.308. The molecule has 1 aromatic heterocycles. The van der Waals surface area contributed by atoms with Crippen LogP contribution in [0.4, 0.5) is 4.39 Å². The molecule has 2 rings (SSSR count). The lowest BCUT2D eigenvalue weighted by atomic mass is 10.1. The number of aromatic nitrogens is 2. The van der Waals surface area contributed by atoms with Crippen LogP contribution in [0.1, 0.15) is 24.3 Å². The Balaban J connectivity index is 2.21. The van der Waals surface area contributed by atoms with Gasteiger partial charge in [0.05, 0.1) is 29.3 Å². The molecule has 0 aliphatic heterocycles. The van der Waals surface area contributed by atoms with Gasteiger partial charge in [0.15, 0.2) is 0 Å². The zero-order valence-electron chi connectivity index (χ0n) is 9.98. The molecule has 0 fully saturated rings. The topological polar surface area (TPSA) is 38.0 Å². The molecule has 18 heavy (non-hydrogen) atoms. The van der Waals surface area contributed by atoms with E-state index >= 15 is 0 Å². The summed E-state index contributed by atoms with van der Waals surface area (Å²) in [5, 5.41) is 10.2. The van der Waals surface area contributed by atoms with Crippen LogP contribution in [-0.4, -0.2) is 14.7 Å². The van der Waals surface area contributed by atoms with Gasteiger partial charge in [0, 0.05) is 13.0 Å². The van der Waals surface area contributed by atoms with Crippen molar-refractivity contribution in [3.63, 3.8) is 0 Å². The number of hydrogen-bond donors (Lipinski definition) is 1. The Morgan fingerprint density at radius 1 is 1.50 bits per heavy atom. The van der Waals surface area contributed by atoms with E-state index in [-0.39, 0.29) is 11.4 Å². The fourth-order valence-corrected chi connectivity index (χ4v) is 2.09. The van der Waals surface area contributed by atoms with E-state index in [9.17, 15) is 9.50 Å². The van der Waals surface area contributed by atoms with Gasteiger partial charge >= 0.3 is 0 Å². The van der Waals surface area contributed by atoms with E-state index in [0.29, 0.717) is 11.3 Å². The van der Waals surface area contributed by atoms with Crippen LogP contribution >= 0.6 is 11.6 Å². The summed E-state index contributed by atoms with van der Waals surface area (Å²) in [7, 11) is 0. The van der Waals surface area contributed by atoms with E-state index < -0.39 is 11.9 Å². The van der Waals surface area contributed by atoms with Gasteiger partial charge in [0.1, 0.15) is 5.82 Å². The average Bonchev–Trinajstić information content (AvgIpc) is 2.83. The predicted molar refractivity (Wildman–Crippen MR) is 68.0 cm³/mol. The fourth-order valence-electron chi connectivity index (χ4n) is 1.89. The third-order valence-electron chi connectivity index (χ3n) is 2.87. The van der Waals surface area contributed by atoms with Crippen LogP contribution in [0.5, 0.6) is 0 Å². The maximum atomic E-state index is 13.3. The molecule has 5 heteroatoms. The van der Waals surface area contributed by atoms with Crippen molar-refractivity contribution in [2.75, 3.05) is 0 Å². The van der Waals surface area contributed by atoms with Gasteiger partial charge < -0.3 is 9.67 Å². The maximum Gasteiger partial charge on any atom is 0.142 e. The SMILES string of the molecule is CCn1cncc1C(O)Cc1cccc(F)c1Cl. The van der Waals surface area contributed by atoms with E-state index in [1.54, 1.807) is 24.7 Å². The number of imidazole rings is 1. The van der Waals surface area contributed by atoms with Crippen molar-refractivity contribution in [2.45, 2.75) is 26.0 Å². The molecule has 1 atom stereocenters. The Morgan fingerprint density at radius 2 is 2.28 bits per heavy atom. The molecule has 0 spiro atoms. The molecule has 2 aromatic rings. The van der Waals surface area contributed by atoms with Gasteiger partial charge in [-0.05, 0) is 18.6 Å². The van der Waals surface area contributed by atoms with Crippen LogP contribution in [0.15, 0.2) is 30.7 Å². The Hall–Kier alpha value is -1.39. The van der Waals surface area contributed by atoms with Crippen LogP contribution in [-0.2, 0) is 13.0 Å². The molecule has 0 bridgehead atoms. The molecule has 0 radical (unpaired) electrons. The summed E-state index contributed by atoms with van der Waals surface area (Å²) in [5.41, 5.74) is 1.30. The lowest BCUT2D eigenvalue weighted by molar-refractivity contribution is 0.169. The molecule has 96 valence electrons. The Labute approximate surface area is 110 Å². The molecule has 0 saturated carbocycles. The van der Waals surface area contributed by atoms with Crippen LogP contribution in [0.2, 0.25) is 5.02 Å². The van der Waals surface area contributed by atoms with Gasteiger partial charge in [-0.25, -0.2) is 9.37 Å². The van der Waals surface area contributed by atoms with E-state index in [2.05, 4.69) is 4.98 Å². The minimum Gasteiger partial charge on any atom is -0.386 e. The minimum absolute atomic E-state index is 0.0686. The minimum atomic E-state index is -0.744. The Morgan fingerprint density at radius 3 is 3.00 bits per heavy atom. The summed E-state index contributed by atoms with van der Waals surface area (Å²) in [6, 6.07) is 4.59. The van der Waals surface area contributed by atoms with E-state index in [4.69, 9.17) is 11.6 Å². The van der Waals surface area contributed by atoms with Gasteiger partial charge in [-0.1, -0.05) is 23.7 Å². The van der Waals surface area contributed by atoms with Crippen LogP contribution in [0, 0.1) is 5.82 Å². The van der Waals surface area contributed by atoms with Gasteiger partial charge in [-0.2, -0.15) is 0 Å². The monoisotopic (exact) mass is 268 g/mol. The van der Waals surface area contributed by atoms with E-state index in [0.717, 1.165) is 6.54 Å². The molecule has 0 amide bonds. The largest absolute Gasteiger partial charge is 0.386 e. The number of nitrogens with zero attached hydrogens (tertiary/aromatic N) is 2. The molecule has 3 nitrogen and oxygen atoms in total. The highest BCUT2D eigenvalue weighted by molar-refractivity contribution is 6.31. The van der Waals surface area contributed by atoms with Gasteiger partial charge in [0.2, 0.25) is 0 Å². The first-order chi connectivity index (χ1) is 8.63. The number of benzene rings is 1. The van der Waals surface area contributed by atoms with E-state index in [1.807, 2.05) is 11.5 Å². The van der Waals surface area contributed by atoms with Crippen molar-refractivity contribution in [1.29, 1.82) is 0 Å². The second-order valence-corrected chi connectivity index (χ2v) is 4.42. The molecule has 1 unspecified atom stereocenters. The van der Waals surface area contributed by atoms with Crippen molar-refractivity contribution < 1.29 is 9.50 Å². The molecule has 0 aliphatic rings. The summed E-state index contributed by atoms with van der Waals surface area (Å²) in [6.45, 7) is 2.69. The van der Waals surface area contributed by atoms with Crippen LogP contribution in [0.3, 0.4) is 0 Å². The van der Waals surface area contributed by atoms with Crippen LogP contribution < -0.4 is 0 Å². The normalized spacial score (nSPS) is 12.7. The molecular weight excluding hydrogens is 255 g/mol. The highest BCUT2D eigenvalue weighted by Crippen LogP contribution is 2.25. The highest BCUT2D eigenvalue weighted by Gasteiger charge is 2.15. The summed E-state index contributed by atoms with van der Waals surface area (Å²) >= 11 is 5.86.